The summed E-state index contributed by atoms with van der Waals surface area (Å²) in [4.78, 5) is 0. The Bertz CT molecular complexity index is 215. The van der Waals surface area contributed by atoms with E-state index in [1.165, 1.54) is 0 Å². The van der Waals surface area contributed by atoms with Crippen LogP contribution in [0.1, 0.15) is 0 Å². The van der Waals surface area contributed by atoms with Crippen molar-refractivity contribution in [3.8, 4) is 0 Å². The number of rotatable bonds is 0. The molecule has 0 aliphatic rings. The topological polar surface area (TPSA) is 155 Å². The number of hydrogen-bond acceptors (Lipinski definition) is 4. The van der Waals surface area contributed by atoms with E-state index >= 15 is 0 Å². The van der Waals surface area contributed by atoms with Crippen LogP contribution in [0, 0.1) is 0 Å². The van der Waals surface area contributed by atoms with E-state index in [2.05, 4.69) is 5.14 Å². The summed E-state index contributed by atoms with van der Waals surface area (Å²) in [6.45, 7) is 0. The molecule has 0 atom stereocenters. The van der Waals surface area contributed by atoms with E-state index in [1.807, 2.05) is 0 Å². The van der Waals surface area contributed by atoms with Gasteiger partial charge in [-0.2, -0.15) is 8.42 Å². The SMILES string of the molecule is NS(=O)(=O)O.[NaH].[O]=[Mo](=[O])([OH])[OH]. The second-order valence-corrected chi connectivity index (χ2v) is 4.19. The Morgan fingerprint density at radius 3 is 1.18 bits per heavy atom. The summed E-state index contributed by atoms with van der Waals surface area (Å²) in [5, 5.41) is 3.88. The maximum absolute atomic E-state index is 8.97. The van der Waals surface area contributed by atoms with Crippen LogP contribution >= 0.6 is 0 Å². The van der Waals surface area contributed by atoms with Crippen molar-refractivity contribution < 1.29 is 44.0 Å². The Morgan fingerprint density at radius 1 is 1.18 bits per heavy atom. The summed E-state index contributed by atoms with van der Waals surface area (Å²) >= 11 is -5.52. The molecule has 0 unspecified atom stereocenters. The molecule has 0 saturated carbocycles. The molecule has 11 heteroatoms. The number of hydrogen-bond donors (Lipinski definition) is 4. The van der Waals surface area contributed by atoms with Crippen molar-refractivity contribution in [2.45, 2.75) is 0 Å². The number of nitrogens with two attached hydrogens (primary N) is 1. The molecule has 0 fully saturated rings. The van der Waals surface area contributed by atoms with Crippen molar-refractivity contribution >= 4 is 39.9 Å². The van der Waals surface area contributed by atoms with Gasteiger partial charge in [0, 0.05) is 0 Å². The van der Waals surface area contributed by atoms with Crippen molar-refractivity contribution in [3.63, 3.8) is 0 Å². The first-order valence-corrected chi connectivity index (χ1v) is 6.39. The van der Waals surface area contributed by atoms with Gasteiger partial charge in [0.05, 0.1) is 0 Å². The summed E-state index contributed by atoms with van der Waals surface area (Å²) in [7, 11) is -4.17. The molecule has 0 radical (unpaired) electrons. The van der Waals surface area contributed by atoms with Gasteiger partial charge in [0.15, 0.2) is 0 Å². The molecule has 0 aromatic carbocycles. The van der Waals surface area contributed by atoms with Crippen LogP contribution in [0.5, 0.6) is 0 Å². The molecule has 0 heterocycles. The average Bonchev–Trinajstić information content (AvgIpc) is 1.12. The van der Waals surface area contributed by atoms with E-state index in [0.29, 0.717) is 0 Å². The predicted molar refractivity (Wildman–Crippen MR) is 28.7 cm³/mol. The third-order valence-corrected chi connectivity index (χ3v) is 0. The van der Waals surface area contributed by atoms with Crippen molar-refractivity contribution in [3.05, 3.63) is 0 Å². The van der Waals surface area contributed by atoms with Crippen LogP contribution in [-0.2, 0) is 33.8 Å². The Hall–Kier alpha value is 1.08. The molecule has 8 nitrogen and oxygen atoms in total. The molecule has 0 aliphatic heterocycles. The van der Waals surface area contributed by atoms with Gasteiger partial charge < -0.3 is 0 Å². The van der Waals surface area contributed by atoms with Gasteiger partial charge in [0.2, 0.25) is 0 Å². The van der Waals surface area contributed by atoms with Gasteiger partial charge in [-0.25, -0.2) is 5.14 Å². The molecule has 0 amide bonds. The van der Waals surface area contributed by atoms with Gasteiger partial charge >= 0.3 is 70.9 Å². The molecule has 0 bridgehead atoms. The summed E-state index contributed by atoms with van der Waals surface area (Å²) in [5.74, 6) is 0. The van der Waals surface area contributed by atoms with E-state index < -0.39 is 27.1 Å². The third-order valence-electron chi connectivity index (χ3n) is 0. The average molecular weight is 283 g/mol. The summed E-state index contributed by atoms with van der Waals surface area (Å²) in [6.07, 6.45) is 0. The molecular weight excluding hydrogens is 277 g/mol. The fraction of sp³-hybridized carbons (Fsp3) is 0. The fourth-order valence-corrected chi connectivity index (χ4v) is 0. The molecule has 0 aliphatic carbocycles. The molecule has 0 rings (SSSR count). The summed E-state index contributed by atoms with van der Waals surface area (Å²) in [5.41, 5.74) is 0. The van der Waals surface area contributed by atoms with Gasteiger partial charge in [0.25, 0.3) is 0 Å². The van der Waals surface area contributed by atoms with Gasteiger partial charge in [-0.05, 0) is 0 Å². The molecule has 0 aromatic heterocycles. The van der Waals surface area contributed by atoms with Crippen molar-refractivity contribution in [1.82, 2.24) is 0 Å². The van der Waals surface area contributed by atoms with Crippen LogP contribution in [0.3, 0.4) is 0 Å². The van der Waals surface area contributed by atoms with E-state index in [9.17, 15) is 0 Å². The first-order chi connectivity index (χ1) is 4.00. The Kier molecular flexibility index (Phi) is 10.8. The molecule has 0 aromatic rings. The minimum absolute atomic E-state index is 0. The quantitative estimate of drug-likeness (QED) is 0.268. The molecule has 66 valence electrons. The zero-order chi connectivity index (χ0) is 9.00. The van der Waals surface area contributed by atoms with Crippen LogP contribution < -0.4 is 5.14 Å². The van der Waals surface area contributed by atoms with Gasteiger partial charge in [0.1, 0.15) is 0 Å². The molecule has 11 heavy (non-hydrogen) atoms. The van der Waals surface area contributed by atoms with Gasteiger partial charge in [-0.15, -0.1) is 0 Å². The van der Waals surface area contributed by atoms with Crippen LogP contribution in [-0.4, -0.2) is 50.0 Å². The van der Waals surface area contributed by atoms with Crippen molar-refractivity contribution in [1.29, 1.82) is 0 Å². The summed E-state index contributed by atoms with van der Waals surface area (Å²) in [6, 6.07) is 0. The second-order valence-electron chi connectivity index (χ2n) is 0.963. The molecule has 5 N–H and O–H groups in total. The van der Waals surface area contributed by atoms with E-state index in [0.717, 1.165) is 0 Å². The monoisotopic (exact) mass is 285 g/mol. The Balaban J connectivity index is -0.000000107. The Labute approximate surface area is 88.3 Å². The van der Waals surface area contributed by atoms with Crippen LogP contribution in [0.15, 0.2) is 0 Å². The normalized spacial score (nSPS) is 10.5. The molecule has 0 saturated heterocycles. The predicted octanol–water partition coefficient (Wildman–Crippen LogP) is -3.25. The zero-order valence-corrected chi connectivity index (χ0v) is 7.19. The van der Waals surface area contributed by atoms with Crippen LogP contribution in [0.2, 0.25) is 0 Å². The second kappa shape index (κ2) is 6.58. The van der Waals surface area contributed by atoms with Crippen LogP contribution in [0.4, 0.5) is 0 Å². The fourth-order valence-electron chi connectivity index (χ4n) is 0. The van der Waals surface area contributed by atoms with Crippen LogP contribution in [0.25, 0.3) is 0 Å². The minimum atomic E-state index is -5.52. The van der Waals surface area contributed by atoms with E-state index in [4.69, 9.17) is 27.3 Å². The van der Waals surface area contributed by atoms with E-state index in [1.54, 1.807) is 0 Å². The van der Waals surface area contributed by atoms with Crippen molar-refractivity contribution in [2.24, 2.45) is 5.14 Å². The molecule has 0 spiro atoms. The van der Waals surface area contributed by atoms with Crippen molar-refractivity contribution in [2.75, 3.05) is 0 Å². The van der Waals surface area contributed by atoms with Gasteiger partial charge in [-0.3, -0.25) is 4.55 Å². The first kappa shape index (κ1) is 18.0. The zero-order valence-electron chi connectivity index (χ0n) is 4.37. The standard InChI is InChI=1S/Mo.H3NO3S.Na.2H2O.2O.H/c;1-5(2,3)4;;;;;;/h;(H3,1,2,3,4);;2*1H2;;;/q+2;;;;;;;/p-2. The van der Waals surface area contributed by atoms with Gasteiger partial charge in [-0.1, -0.05) is 0 Å². The first-order valence-electron chi connectivity index (χ1n) is 1.45. The summed E-state index contributed by atoms with van der Waals surface area (Å²) < 4.78 is 57.2. The third kappa shape index (κ3) is 785. The molecular formula is H6MoNNaO7S. The maximum atomic E-state index is 8.97. The Morgan fingerprint density at radius 2 is 1.18 bits per heavy atom. The van der Waals surface area contributed by atoms with E-state index in [-0.39, 0.29) is 29.6 Å².